The fourth-order valence-electron chi connectivity index (χ4n) is 3.06. The number of hydrogen-bond donors (Lipinski definition) is 1. The number of nitrogens with zero attached hydrogens (tertiary/aromatic N) is 1. The second kappa shape index (κ2) is 9.50. The van der Waals surface area contributed by atoms with Gasteiger partial charge in [0.2, 0.25) is 0 Å². The predicted octanol–water partition coefficient (Wildman–Crippen LogP) is 4.18. The number of ether oxygens (including phenoxy) is 4. The van der Waals surface area contributed by atoms with E-state index in [2.05, 4.69) is 10.3 Å². The zero-order chi connectivity index (χ0) is 22.7. The lowest BCUT2D eigenvalue weighted by atomic mass is 10.2. The van der Waals surface area contributed by atoms with Crippen LogP contribution in [0.15, 0.2) is 36.4 Å². The van der Waals surface area contributed by atoms with E-state index in [0.29, 0.717) is 46.3 Å². The van der Waals surface area contributed by atoms with Gasteiger partial charge in [0.05, 0.1) is 10.0 Å². The van der Waals surface area contributed by atoms with Crippen LogP contribution in [0.4, 0.5) is 5.69 Å². The number of hydrogen-bond acceptors (Lipinski definition) is 7. The fourth-order valence-corrected chi connectivity index (χ4v) is 3.64. The maximum Gasteiger partial charge on any atom is 0.344 e. The maximum absolute atomic E-state index is 12.1. The van der Waals surface area contributed by atoms with Gasteiger partial charge in [-0.1, -0.05) is 23.2 Å². The van der Waals surface area contributed by atoms with Crippen LogP contribution in [0.25, 0.3) is 10.9 Å². The van der Waals surface area contributed by atoms with Crippen LogP contribution in [0.2, 0.25) is 10.0 Å². The molecule has 0 radical (unpaired) electrons. The minimum atomic E-state index is -0.742. The molecule has 3 aromatic rings. The van der Waals surface area contributed by atoms with Gasteiger partial charge in [-0.15, -0.1) is 0 Å². The molecule has 8 nitrogen and oxygen atoms in total. The zero-order valence-electron chi connectivity index (χ0n) is 16.9. The average molecular weight is 477 g/mol. The average Bonchev–Trinajstić information content (AvgIpc) is 2.77. The summed E-state index contributed by atoms with van der Waals surface area (Å²) >= 11 is 12.4. The minimum Gasteiger partial charge on any atom is -0.486 e. The Hall–Kier alpha value is -3.23. The molecule has 2 aromatic carbocycles. The van der Waals surface area contributed by atoms with E-state index in [1.165, 1.54) is 6.07 Å². The highest BCUT2D eigenvalue weighted by molar-refractivity contribution is 6.39. The number of carbonyl (C=O) groups excluding carboxylic acids is 2. The maximum atomic E-state index is 12.1. The molecule has 4 rings (SSSR count). The van der Waals surface area contributed by atoms with Gasteiger partial charge in [0.1, 0.15) is 18.7 Å². The van der Waals surface area contributed by atoms with Crippen LogP contribution < -0.4 is 19.5 Å². The topological polar surface area (TPSA) is 96.0 Å². The number of rotatable bonds is 6. The third kappa shape index (κ3) is 4.98. The standard InChI is InChI=1S/C22H18Cl2N2O6/c1-12-2-4-14-15(23)9-16(24)22(21(14)25-12)32-11-20(28)31-10-19(27)26-13-3-5-17-18(8-13)30-7-6-29-17/h2-5,8-9H,6-7,10-11H2,1H3,(H,26,27). The predicted molar refractivity (Wildman–Crippen MR) is 119 cm³/mol. The molecule has 2 heterocycles. The van der Waals surface area contributed by atoms with Gasteiger partial charge < -0.3 is 24.3 Å². The lowest BCUT2D eigenvalue weighted by molar-refractivity contribution is -0.149. The van der Waals surface area contributed by atoms with Gasteiger partial charge >= 0.3 is 5.97 Å². The molecule has 0 saturated heterocycles. The molecule has 0 unspecified atom stereocenters. The second-order valence-electron chi connectivity index (χ2n) is 6.87. The highest BCUT2D eigenvalue weighted by atomic mass is 35.5. The molecule has 1 aromatic heterocycles. The van der Waals surface area contributed by atoms with Gasteiger partial charge in [0, 0.05) is 22.8 Å². The largest absolute Gasteiger partial charge is 0.486 e. The monoisotopic (exact) mass is 476 g/mol. The number of anilines is 1. The Kier molecular flexibility index (Phi) is 6.53. The highest BCUT2D eigenvalue weighted by Gasteiger charge is 2.17. The molecule has 0 atom stereocenters. The van der Waals surface area contributed by atoms with Crippen molar-refractivity contribution in [3.05, 3.63) is 52.1 Å². The quantitative estimate of drug-likeness (QED) is 0.532. The first-order valence-corrected chi connectivity index (χ1v) is 10.4. The summed E-state index contributed by atoms with van der Waals surface area (Å²) in [6.45, 7) is 1.78. The van der Waals surface area contributed by atoms with Crippen molar-refractivity contribution in [2.24, 2.45) is 0 Å². The third-order valence-electron chi connectivity index (χ3n) is 4.50. The van der Waals surface area contributed by atoms with Crippen molar-refractivity contribution >= 4 is 51.7 Å². The van der Waals surface area contributed by atoms with Gasteiger partial charge in [-0.3, -0.25) is 4.79 Å². The number of fused-ring (bicyclic) bond motifs is 2. The molecule has 32 heavy (non-hydrogen) atoms. The van der Waals surface area contributed by atoms with E-state index in [0.717, 1.165) is 5.69 Å². The van der Waals surface area contributed by atoms with Crippen LogP contribution in [0, 0.1) is 6.92 Å². The molecule has 0 bridgehead atoms. The van der Waals surface area contributed by atoms with Crippen molar-refractivity contribution < 1.29 is 28.5 Å². The lowest BCUT2D eigenvalue weighted by Crippen LogP contribution is -2.24. The summed E-state index contributed by atoms with van der Waals surface area (Å²) in [6.07, 6.45) is 0. The van der Waals surface area contributed by atoms with E-state index in [4.69, 9.17) is 42.1 Å². The summed E-state index contributed by atoms with van der Waals surface area (Å²) in [5.41, 5.74) is 1.66. The summed E-state index contributed by atoms with van der Waals surface area (Å²) in [4.78, 5) is 28.6. The molecule has 1 amide bonds. The third-order valence-corrected chi connectivity index (χ3v) is 5.10. The van der Waals surface area contributed by atoms with Gasteiger partial charge in [-0.05, 0) is 37.3 Å². The van der Waals surface area contributed by atoms with Crippen molar-refractivity contribution in [3.8, 4) is 17.2 Å². The SMILES string of the molecule is Cc1ccc2c(Cl)cc(Cl)c(OCC(=O)OCC(=O)Nc3ccc4c(c3)OCCO4)c2n1. The van der Waals surface area contributed by atoms with Gasteiger partial charge in [0.15, 0.2) is 30.5 Å². The number of halogens is 2. The van der Waals surface area contributed by atoms with Gasteiger partial charge in [-0.2, -0.15) is 0 Å². The van der Waals surface area contributed by atoms with E-state index in [1.54, 1.807) is 30.3 Å². The molecule has 1 aliphatic heterocycles. The van der Waals surface area contributed by atoms with E-state index in [-0.39, 0.29) is 10.8 Å². The first-order valence-electron chi connectivity index (χ1n) is 9.64. The minimum absolute atomic E-state index is 0.213. The van der Waals surface area contributed by atoms with E-state index >= 15 is 0 Å². The Bertz CT molecular complexity index is 1200. The Balaban J connectivity index is 1.33. The molecule has 0 fully saturated rings. The number of amides is 1. The molecule has 0 spiro atoms. The van der Waals surface area contributed by atoms with Crippen LogP contribution >= 0.6 is 23.2 Å². The number of aryl methyl sites for hydroxylation is 1. The fraction of sp³-hybridized carbons (Fsp3) is 0.227. The number of aromatic nitrogens is 1. The van der Waals surface area contributed by atoms with Crippen LogP contribution in [0.1, 0.15) is 5.69 Å². The Labute approximate surface area is 193 Å². The van der Waals surface area contributed by atoms with Crippen LogP contribution in [0.3, 0.4) is 0 Å². The summed E-state index contributed by atoms with van der Waals surface area (Å²) in [5, 5.41) is 3.90. The first-order chi connectivity index (χ1) is 15.4. The Morgan fingerprint density at radius 1 is 1.03 bits per heavy atom. The van der Waals surface area contributed by atoms with Crippen molar-refractivity contribution in [2.75, 3.05) is 31.7 Å². The molecule has 1 N–H and O–H groups in total. The van der Waals surface area contributed by atoms with Crippen LogP contribution in [-0.2, 0) is 14.3 Å². The number of carbonyl (C=O) groups is 2. The first kappa shape index (κ1) is 22.0. The van der Waals surface area contributed by atoms with E-state index < -0.39 is 25.1 Å². The Morgan fingerprint density at radius 3 is 2.62 bits per heavy atom. The van der Waals surface area contributed by atoms with Crippen molar-refractivity contribution in [3.63, 3.8) is 0 Å². The molecule has 10 heteroatoms. The summed E-state index contributed by atoms with van der Waals surface area (Å²) in [7, 11) is 0. The molecule has 0 saturated carbocycles. The number of esters is 1. The van der Waals surface area contributed by atoms with Crippen molar-refractivity contribution in [1.82, 2.24) is 4.98 Å². The van der Waals surface area contributed by atoms with Crippen LogP contribution in [-0.4, -0.2) is 43.3 Å². The second-order valence-corrected chi connectivity index (χ2v) is 7.69. The number of pyridine rings is 1. The summed E-state index contributed by atoms with van der Waals surface area (Å²) in [5.74, 6) is 0.107. The number of nitrogens with one attached hydrogen (secondary N) is 1. The molecule has 0 aliphatic carbocycles. The Morgan fingerprint density at radius 2 is 1.81 bits per heavy atom. The van der Waals surface area contributed by atoms with Crippen LogP contribution in [0.5, 0.6) is 17.2 Å². The van der Waals surface area contributed by atoms with E-state index in [1.807, 2.05) is 6.92 Å². The summed E-state index contributed by atoms with van der Waals surface area (Å²) < 4.78 is 21.4. The van der Waals surface area contributed by atoms with Gasteiger partial charge in [0.25, 0.3) is 5.91 Å². The normalized spacial score (nSPS) is 12.3. The molecular formula is C22H18Cl2N2O6. The smallest absolute Gasteiger partial charge is 0.344 e. The zero-order valence-corrected chi connectivity index (χ0v) is 18.5. The van der Waals surface area contributed by atoms with Gasteiger partial charge in [-0.25, -0.2) is 9.78 Å². The van der Waals surface area contributed by atoms with Crippen molar-refractivity contribution in [2.45, 2.75) is 6.92 Å². The summed E-state index contributed by atoms with van der Waals surface area (Å²) in [6, 6.07) is 10.1. The lowest BCUT2D eigenvalue weighted by Gasteiger charge is -2.19. The van der Waals surface area contributed by atoms with Crippen molar-refractivity contribution in [1.29, 1.82) is 0 Å². The van der Waals surface area contributed by atoms with E-state index in [9.17, 15) is 9.59 Å². The number of benzene rings is 2. The molecule has 1 aliphatic rings. The molecular weight excluding hydrogens is 459 g/mol. The highest BCUT2D eigenvalue weighted by Crippen LogP contribution is 2.37. The molecule has 166 valence electrons.